The first kappa shape index (κ1) is 17.1. The van der Waals surface area contributed by atoms with Crippen molar-refractivity contribution in [1.29, 1.82) is 0 Å². The molecule has 0 aliphatic heterocycles. The fourth-order valence-corrected chi connectivity index (χ4v) is 3.04. The van der Waals surface area contributed by atoms with Gasteiger partial charge in [-0.25, -0.2) is 0 Å². The fourth-order valence-electron chi connectivity index (χ4n) is 1.86. The average Bonchev–Trinajstić information content (AvgIpc) is 2.88. The molecule has 0 unspecified atom stereocenters. The van der Waals surface area contributed by atoms with Gasteiger partial charge in [0.25, 0.3) is 0 Å². The van der Waals surface area contributed by atoms with Crippen LogP contribution in [0, 0.1) is 0 Å². The molecule has 22 heavy (non-hydrogen) atoms. The highest BCUT2D eigenvalue weighted by atomic mass is 35.5. The van der Waals surface area contributed by atoms with Crippen molar-refractivity contribution < 1.29 is 4.90 Å². The topological polar surface area (TPSA) is 33.8 Å². The second kappa shape index (κ2) is 8.43. The molecule has 118 valence electrons. The van der Waals surface area contributed by atoms with Gasteiger partial charge in [-0.05, 0) is 23.8 Å². The summed E-state index contributed by atoms with van der Waals surface area (Å²) in [5.41, 5.74) is 1.07. The van der Waals surface area contributed by atoms with Crippen molar-refractivity contribution in [2.24, 2.45) is 4.99 Å². The van der Waals surface area contributed by atoms with Gasteiger partial charge >= 0.3 is 0 Å². The van der Waals surface area contributed by atoms with E-state index in [1.54, 1.807) is 11.3 Å². The van der Waals surface area contributed by atoms with Gasteiger partial charge in [0.1, 0.15) is 0 Å². The maximum Gasteiger partial charge on any atom is 0.195 e. The van der Waals surface area contributed by atoms with Crippen molar-refractivity contribution in [3.8, 4) is 0 Å². The van der Waals surface area contributed by atoms with Gasteiger partial charge in [0, 0.05) is 16.6 Å². The van der Waals surface area contributed by atoms with E-state index >= 15 is 0 Å². The molecule has 0 spiro atoms. The number of nitrogens with one attached hydrogen (secondary N) is 2. The maximum atomic E-state index is 6.22. The molecule has 0 aliphatic rings. The van der Waals surface area contributed by atoms with Crippen LogP contribution in [0.25, 0.3) is 0 Å². The van der Waals surface area contributed by atoms with E-state index in [4.69, 9.17) is 23.8 Å². The van der Waals surface area contributed by atoms with Crippen LogP contribution in [0.15, 0.2) is 40.8 Å². The first-order valence-electron chi connectivity index (χ1n) is 7.05. The Bertz CT molecular complexity index is 691. The van der Waals surface area contributed by atoms with Crippen LogP contribution in [-0.4, -0.2) is 36.9 Å². The minimum atomic E-state index is 0.525. The molecule has 1 heterocycles. The Hall–Kier alpha value is -1.21. The molecule has 1 aromatic carbocycles. The predicted molar refractivity (Wildman–Crippen MR) is 96.7 cm³/mol. The second-order valence-corrected chi connectivity index (χ2v) is 6.87. The molecular formula is C15H20ClN4S2+. The molecule has 2 rings (SSSR count). The lowest BCUT2D eigenvalue weighted by Crippen LogP contribution is -3.06. The highest BCUT2D eigenvalue weighted by Gasteiger charge is 2.03. The van der Waals surface area contributed by atoms with Crippen LogP contribution in [0.2, 0.25) is 5.02 Å². The molecule has 0 amide bonds. The van der Waals surface area contributed by atoms with Gasteiger partial charge in [-0.1, -0.05) is 29.8 Å². The molecule has 0 atom stereocenters. The summed E-state index contributed by atoms with van der Waals surface area (Å²) in [6.07, 6.45) is 2.00. The normalized spacial score (nSPS) is 11.9. The number of hydrogen-bond donors (Lipinski definition) is 2. The van der Waals surface area contributed by atoms with Crippen molar-refractivity contribution >= 4 is 40.3 Å². The Labute approximate surface area is 145 Å². The van der Waals surface area contributed by atoms with Gasteiger partial charge in [-0.3, -0.25) is 0 Å². The van der Waals surface area contributed by atoms with Gasteiger partial charge in [0.15, 0.2) is 9.91 Å². The summed E-state index contributed by atoms with van der Waals surface area (Å²) in [7, 11) is 4.22. The zero-order valence-corrected chi connectivity index (χ0v) is 15.1. The largest absolute Gasteiger partial charge is 0.355 e. The molecule has 0 radical (unpaired) electrons. The summed E-state index contributed by atoms with van der Waals surface area (Å²) in [6.45, 7) is 2.51. The highest BCUT2D eigenvalue weighted by Crippen LogP contribution is 2.15. The average molecular weight is 356 g/mol. The Morgan fingerprint density at radius 2 is 2.18 bits per heavy atom. The van der Waals surface area contributed by atoms with Crippen molar-refractivity contribution in [2.75, 3.05) is 27.2 Å². The molecular weight excluding hydrogens is 336 g/mol. The number of hydrogen-bond acceptors (Lipinski definition) is 2. The molecule has 0 saturated carbocycles. The molecule has 0 saturated heterocycles. The zero-order chi connectivity index (χ0) is 15.9. The summed E-state index contributed by atoms with van der Waals surface area (Å²) in [5.74, 6) is 0. The Balaban J connectivity index is 2.07. The van der Waals surface area contributed by atoms with Gasteiger partial charge in [-0.2, -0.15) is 4.99 Å². The monoisotopic (exact) mass is 355 g/mol. The van der Waals surface area contributed by atoms with Gasteiger partial charge in [-0.15, -0.1) is 11.3 Å². The second-order valence-electron chi connectivity index (χ2n) is 5.21. The van der Waals surface area contributed by atoms with Crippen LogP contribution in [0.3, 0.4) is 0 Å². The van der Waals surface area contributed by atoms with E-state index in [1.165, 1.54) is 4.90 Å². The van der Waals surface area contributed by atoms with Gasteiger partial charge in [0.2, 0.25) is 0 Å². The number of aromatic nitrogens is 1. The quantitative estimate of drug-likeness (QED) is 0.789. The van der Waals surface area contributed by atoms with Crippen molar-refractivity contribution in [1.82, 2.24) is 9.88 Å². The lowest BCUT2D eigenvalue weighted by Gasteiger charge is -2.08. The summed E-state index contributed by atoms with van der Waals surface area (Å²) < 4.78 is 2.05. The number of quaternary nitrogens is 1. The van der Waals surface area contributed by atoms with E-state index in [2.05, 4.69) is 29.0 Å². The number of rotatable bonds is 5. The third kappa shape index (κ3) is 5.21. The van der Waals surface area contributed by atoms with E-state index in [9.17, 15) is 0 Å². The first-order valence-corrected chi connectivity index (χ1v) is 8.72. The number of thiocarbonyl (C=S) groups is 1. The van der Waals surface area contributed by atoms with E-state index in [1.807, 2.05) is 35.8 Å². The van der Waals surface area contributed by atoms with Crippen molar-refractivity contribution in [2.45, 2.75) is 6.54 Å². The number of halogens is 1. The molecule has 0 bridgehead atoms. The Kier molecular flexibility index (Phi) is 6.57. The first-order chi connectivity index (χ1) is 10.6. The van der Waals surface area contributed by atoms with Crippen LogP contribution in [0.4, 0.5) is 0 Å². The fraction of sp³-hybridized carbons (Fsp3) is 0.333. The smallest absolute Gasteiger partial charge is 0.195 e. The maximum absolute atomic E-state index is 6.22. The van der Waals surface area contributed by atoms with Crippen LogP contribution < -0.4 is 15.0 Å². The lowest BCUT2D eigenvalue weighted by atomic mass is 10.2. The van der Waals surface area contributed by atoms with Crippen molar-refractivity contribution in [3.05, 3.63) is 51.2 Å². The summed E-state index contributed by atoms with van der Waals surface area (Å²) in [4.78, 5) is 6.74. The van der Waals surface area contributed by atoms with E-state index in [0.29, 0.717) is 11.7 Å². The minimum absolute atomic E-state index is 0.525. The van der Waals surface area contributed by atoms with Gasteiger partial charge < -0.3 is 14.8 Å². The van der Waals surface area contributed by atoms with Gasteiger partial charge in [0.05, 0.1) is 33.7 Å². The molecule has 7 heteroatoms. The SMILES string of the molecule is C[NH+](C)CCNC(=S)N=c1sccn1Cc1ccccc1Cl. The van der Waals surface area contributed by atoms with Crippen LogP contribution in [0.1, 0.15) is 5.56 Å². The number of nitrogens with zero attached hydrogens (tertiary/aromatic N) is 2. The molecule has 0 aliphatic carbocycles. The van der Waals surface area contributed by atoms with E-state index in [-0.39, 0.29) is 0 Å². The number of benzene rings is 1. The lowest BCUT2D eigenvalue weighted by molar-refractivity contribution is -0.856. The van der Waals surface area contributed by atoms with Crippen molar-refractivity contribution in [3.63, 3.8) is 0 Å². The zero-order valence-electron chi connectivity index (χ0n) is 12.7. The minimum Gasteiger partial charge on any atom is -0.355 e. The Morgan fingerprint density at radius 1 is 1.41 bits per heavy atom. The van der Waals surface area contributed by atoms with Crippen LogP contribution in [0.5, 0.6) is 0 Å². The predicted octanol–water partition coefficient (Wildman–Crippen LogP) is 1.17. The summed E-state index contributed by atoms with van der Waals surface area (Å²) in [6, 6.07) is 7.84. The Morgan fingerprint density at radius 3 is 2.91 bits per heavy atom. The molecule has 0 fully saturated rings. The molecule has 1 aromatic heterocycles. The third-order valence-electron chi connectivity index (χ3n) is 3.06. The van der Waals surface area contributed by atoms with E-state index in [0.717, 1.165) is 28.5 Å². The van der Waals surface area contributed by atoms with Crippen LogP contribution >= 0.6 is 35.2 Å². The summed E-state index contributed by atoms with van der Waals surface area (Å²) >= 11 is 13.1. The standard InChI is InChI=1S/C15H19ClN4S2/c1-19(2)8-7-17-14(21)18-15-20(9-10-22-15)11-12-5-3-4-6-13(12)16/h3-6,9-10H,7-8,11H2,1-2H3,(H,17,21)/p+1. The van der Waals surface area contributed by atoms with Crippen LogP contribution in [-0.2, 0) is 6.54 Å². The highest BCUT2D eigenvalue weighted by molar-refractivity contribution is 7.80. The molecule has 2 N–H and O–H groups in total. The molecule has 2 aromatic rings. The third-order valence-corrected chi connectivity index (χ3v) is 4.46. The van der Waals surface area contributed by atoms with E-state index < -0.39 is 0 Å². The molecule has 4 nitrogen and oxygen atoms in total. The summed E-state index contributed by atoms with van der Waals surface area (Å²) in [5, 5.41) is 6.46. The number of likely N-dealkylation sites (N-methyl/N-ethyl adjacent to an activating group) is 1. The number of thiazole rings is 1.